The zero-order valence-corrected chi connectivity index (χ0v) is 12.0. The highest BCUT2D eigenvalue weighted by molar-refractivity contribution is 9.10. The molecule has 0 aliphatic carbocycles. The van der Waals surface area contributed by atoms with Crippen LogP contribution in [-0.4, -0.2) is 0 Å². The second kappa shape index (κ2) is 5.74. The fraction of sp³-hybridized carbons (Fsp3) is 0.286. The Morgan fingerprint density at radius 3 is 2.76 bits per heavy atom. The van der Waals surface area contributed by atoms with Crippen molar-refractivity contribution < 1.29 is 4.42 Å². The first kappa shape index (κ1) is 12.7. The van der Waals surface area contributed by atoms with E-state index in [1.54, 1.807) is 0 Å². The van der Waals surface area contributed by atoms with Crippen LogP contribution in [0.25, 0.3) is 0 Å². The molecule has 0 radical (unpaired) electrons. The molecule has 1 aromatic heterocycles. The summed E-state index contributed by atoms with van der Waals surface area (Å²) in [6.07, 6.45) is 1.68. The minimum Gasteiger partial charge on any atom is -0.465 e. The van der Waals surface area contributed by atoms with Gasteiger partial charge in [-0.3, -0.25) is 0 Å². The topological polar surface area (TPSA) is 13.1 Å². The number of furan rings is 1. The first-order chi connectivity index (χ1) is 8.19. The van der Waals surface area contributed by atoms with Crippen molar-refractivity contribution in [3.05, 3.63) is 58.0 Å². The molecule has 0 saturated heterocycles. The normalized spacial score (nSPS) is 12.6. The standard InChI is InChI=1S/C14H14BrClO/c1-2-12-6-7-14(17-12)13(16)9-10-4-3-5-11(15)8-10/h3-8,13H,2,9H2,1H3. The SMILES string of the molecule is CCc1ccc(C(Cl)Cc2cccc(Br)c2)o1. The minimum absolute atomic E-state index is 0.107. The molecule has 0 saturated carbocycles. The highest BCUT2D eigenvalue weighted by Crippen LogP contribution is 2.27. The Balaban J connectivity index is 2.08. The Morgan fingerprint density at radius 1 is 1.29 bits per heavy atom. The molecule has 17 heavy (non-hydrogen) atoms. The Hall–Kier alpha value is -0.730. The third-order valence-corrected chi connectivity index (χ3v) is 3.51. The van der Waals surface area contributed by atoms with Gasteiger partial charge in [0.15, 0.2) is 0 Å². The number of alkyl halides is 1. The Morgan fingerprint density at radius 2 is 2.12 bits per heavy atom. The number of halogens is 2. The van der Waals surface area contributed by atoms with Crippen LogP contribution in [0, 0.1) is 0 Å². The second-order valence-corrected chi connectivity index (χ2v) is 5.40. The molecule has 1 aromatic carbocycles. The van der Waals surface area contributed by atoms with E-state index in [1.165, 1.54) is 5.56 Å². The molecule has 3 heteroatoms. The summed E-state index contributed by atoms with van der Waals surface area (Å²) >= 11 is 9.81. The van der Waals surface area contributed by atoms with E-state index in [2.05, 4.69) is 35.0 Å². The fourth-order valence-electron chi connectivity index (χ4n) is 1.72. The highest BCUT2D eigenvalue weighted by Gasteiger charge is 2.13. The van der Waals surface area contributed by atoms with Crippen LogP contribution in [0.3, 0.4) is 0 Å². The van der Waals surface area contributed by atoms with Gasteiger partial charge in [0.05, 0.1) is 5.38 Å². The van der Waals surface area contributed by atoms with Gasteiger partial charge in [-0.1, -0.05) is 35.0 Å². The van der Waals surface area contributed by atoms with Gasteiger partial charge < -0.3 is 4.42 Å². The van der Waals surface area contributed by atoms with E-state index in [0.29, 0.717) is 0 Å². The quantitative estimate of drug-likeness (QED) is 0.713. The van der Waals surface area contributed by atoms with Gasteiger partial charge in [-0.05, 0) is 36.2 Å². The number of benzene rings is 1. The third-order valence-electron chi connectivity index (χ3n) is 2.64. The zero-order valence-electron chi connectivity index (χ0n) is 9.62. The molecule has 0 spiro atoms. The molecule has 0 aliphatic rings. The van der Waals surface area contributed by atoms with Gasteiger partial charge in [0.2, 0.25) is 0 Å². The molecule has 1 atom stereocenters. The van der Waals surface area contributed by atoms with Gasteiger partial charge in [0.1, 0.15) is 11.5 Å². The Bertz CT molecular complexity index is 492. The molecule has 90 valence electrons. The Kier molecular flexibility index (Phi) is 4.30. The molecule has 2 aromatic rings. The van der Waals surface area contributed by atoms with Crippen LogP contribution in [0.15, 0.2) is 45.3 Å². The van der Waals surface area contributed by atoms with Crippen molar-refractivity contribution in [1.82, 2.24) is 0 Å². The molecular formula is C14H14BrClO. The van der Waals surface area contributed by atoms with Crippen LogP contribution in [-0.2, 0) is 12.8 Å². The second-order valence-electron chi connectivity index (χ2n) is 3.96. The first-order valence-electron chi connectivity index (χ1n) is 5.66. The molecule has 1 nitrogen and oxygen atoms in total. The lowest BCUT2D eigenvalue weighted by atomic mass is 10.1. The van der Waals surface area contributed by atoms with Gasteiger partial charge in [-0.15, -0.1) is 11.6 Å². The lowest BCUT2D eigenvalue weighted by molar-refractivity contribution is 0.464. The van der Waals surface area contributed by atoms with Gasteiger partial charge in [0, 0.05) is 10.9 Å². The Labute approximate surface area is 115 Å². The number of aryl methyl sites for hydroxylation is 1. The van der Waals surface area contributed by atoms with Crippen LogP contribution in [0.1, 0.15) is 29.4 Å². The van der Waals surface area contributed by atoms with Crippen LogP contribution < -0.4 is 0 Å². The molecule has 0 amide bonds. The van der Waals surface area contributed by atoms with Crippen molar-refractivity contribution in [3.63, 3.8) is 0 Å². The van der Waals surface area contributed by atoms with E-state index in [-0.39, 0.29) is 5.38 Å². The maximum Gasteiger partial charge on any atom is 0.122 e. The van der Waals surface area contributed by atoms with E-state index in [9.17, 15) is 0 Å². The monoisotopic (exact) mass is 312 g/mol. The summed E-state index contributed by atoms with van der Waals surface area (Å²) in [6, 6.07) is 12.1. The van der Waals surface area contributed by atoms with Crippen molar-refractivity contribution in [1.29, 1.82) is 0 Å². The molecule has 0 fully saturated rings. The predicted octanol–water partition coefficient (Wildman–Crippen LogP) is 5.13. The van der Waals surface area contributed by atoms with E-state index in [1.807, 2.05) is 24.3 Å². The van der Waals surface area contributed by atoms with E-state index in [0.717, 1.165) is 28.8 Å². The predicted molar refractivity (Wildman–Crippen MR) is 74.5 cm³/mol. The molecule has 1 heterocycles. The summed E-state index contributed by atoms with van der Waals surface area (Å²) in [5.41, 5.74) is 1.20. The number of rotatable bonds is 4. The molecule has 2 rings (SSSR count). The maximum absolute atomic E-state index is 6.35. The average molecular weight is 314 g/mol. The van der Waals surface area contributed by atoms with Gasteiger partial charge in [0.25, 0.3) is 0 Å². The minimum atomic E-state index is -0.107. The van der Waals surface area contributed by atoms with E-state index in [4.69, 9.17) is 16.0 Å². The molecule has 1 unspecified atom stereocenters. The van der Waals surface area contributed by atoms with Crippen molar-refractivity contribution in [2.45, 2.75) is 25.1 Å². The van der Waals surface area contributed by atoms with Crippen molar-refractivity contribution >= 4 is 27.5 Å². The summed E-state index contributed by atoms with van der Waals surface area (Å²) in [4.78, 5) is 0. The maximum atomic E-state index is 6.35. The summed E-state index contributed by atoms with van der Waals surface area (Å²) < 4.78 is 6.73. The van der Waals surface area contributed by atoms with Crippen LogP contribution in [0.2, 0.25) is 0 Å². The fourth-order valence-corrected chi connectivity index (χ4v) is 2.47. The van der Waals surface area contributed by atoms with Gasteiger partial charge >= 0.3 is 0 Å². The highest BCUT2D eigenvalue weighted by atomic mass is 79.9. The molecular weight excluding hydrogens is 300 g/mol. The molecule has 0 aliphatic heterocycles. The summed E-state index contributed by atoms with van der Waals surface area (Å²) in [5.74, 6) is 1.84. The lowest BCUT2D eigenvalue weighted by Gasteiger charge is -2.07. The van der Waals surface area contributed by atoms with Crippen molar-refractivity contribution in [2.75, 3.05) is 0 Å². The summed E-state index contributed by atoms with van der Waals surface area (Å²) in [7, 11) is 0. The van der Waals surface area contributed by atoms with E-state index < -0.39 is 0 Å². The third kappa shape index (κ3) is 3.36. The molecule has 0 bridgehead atoms. The van der Waals surface area contributed by atoms with Crippen molar-refractivity contribution in [2.24, 2.45) is 0 Å². The van der Waals surface area contributed by atoms with E-state index >= 15 is 0 Å². The zero-order chi connectivity index (χ0) is 12.3. The van der Waals surface area contributed by atoms with Gasteiger partial charge in [-0.2, -0.15) is 0 Å². The van der Waals surface area contributed by atoms with Crippen LogP contribution >= 0.6 is 27.5 Å². The summed E-state index contributed by atoms with van der Waals surface area (Å²) in [6.45, 7) is 2.07. The first-order valence-corrected chi connectivity index (χ1v) is 6.89. The van der Waals surface area contributed by atoms with Crippen LogP contribution in [0.5, 0.6) is 0 Å². The van der Waals surface area contributed by atoms with Gasteiger partial charge in [-0.25, -0.2) is 0 Å². The van der Waals surface area contributed by atoms with Crippen molar-refractivity contribution in [3.8, 4) is 0 Å². The number of hydrogen-bond donors (Lipinski definition) is 0. The number of hydrogen-bond acceptors (Lipinski definition) is 1. The smallest absolute Gasteiger partial charge is 0.122 e. The average Bonchev–Trinajstić information content (AvgIpc) is 2.77. The molecule has 0 N–H and O–H groups in total. The summed E-state index contributed by atoms with van der Waals surface area (Å²) in [5, 5.41) is -0.107. The largest absolute Gasteiger partial charge is 0.465 e. The van der Waals surface area contributed by atoms with Crippen LogP contribution in [0.4, 0.5) is 0 Å². The lowest BCUT2D eigenvalue weighted by Crippen LogP contribution is -1.94.